The molecule has 0 saturated heterocycles. The fraction of sp³-hybridized carbons (Fsp3) is 0.500. The lowest BCUT2D eigenvalue weighted by atomic mass is 9.99. The fourth-order valence-corrected chi connectivity index (χ4v) is 2.12. The van der Waals surface area contributed by atoms with Crippen LogP contribution in [0.3, 0.4) is 0 Å². The Morgan fingerprint density at radius 2 is 2.46 bits per heavy atom. The van der Waals surface area contributed by atoms with Crippen molar-refractivity contribution in [2.24, 2.45) is 5.92 Å². The highest BCUT2D eigenvalue weighted by Gasteiger charge is 2.16. The van der Waals surface area contributed by atoms with Gasteiger partial charge in [-0.05, 0) is 24.3 Å². The lowest BCUT2D eigenvalue weighted by Gasteiger charge is -2.08. The predicted molar refractivity (Wildman–Crippen MR) is 54.1 cm³/mol. The Labute approximate surface area is 82.2 Å². The Hall–Kier alpha value is -0.830. The molecule has 0 saturated carbocycles. The molecule has 0 bridgehead atoms. The monoisotopic (exact) mass is 198 g/mol. The molecule has 1 rings (SSSR count). The summed E-state index contributed by atoms with van der Waals surface area (Å²) in [6.07, 6.45) is 2.39. The maximum Gasteiger partial charge on any atom is 0.306 e. The number of aliphatic carboxylic acids is 1. The number of thiophene rings is 1. The molecule has 0 aliphatic carbocycles. The number of carbonyl (C=O) groups is 1. The molecule has 13 heavy (non-hydrogen) atoms. The van der Waals surface area contributed by atoms with Crippen LogP contribution < -0.4 is 0 Å². The molecular weight excluding hydrogens is 184 g/mol. The van der Waals surface area contributed by atoms with E-state index >= 15 is 0 Å². The summed E-state index contributed by atoms with van der Waals surface area (Å²) in [4.78, 5) is 12.0. The summed E-state index contributed by atoms with van der Waals surface area (Å²) in [5, 5.41) is 10.9. The summed E-state index contributed by atoms with van der Waals surface area (Å²) in [6.45, 7) is 2.02. The Balaban J connectivity index is 2.52. The molecule has 0 fully saturated rings. The van der Waals surface area contributed by atoms with E-state index in [0.29, 0.717) is 6.42 Å². The second-order valence-electron chi connectivity index (χ2n) is 3.11. The molecule has 0 amide bonds. The van der Waals surface area contributed by atoms with Crippen LogP contribution in [0.15, 0.2) is 17.5 Å². The maximum absolute atomic E-state index is 10.8. The van der Waals surface area contributed by atoms with E-state index in [4.69, 9.17) is 5.11 Å². The van der Waals surface area contributed by atoms with Crippen molar-refractivity contribution >= 4 is 17.3 Å². The number of hydrogen-bond acceptors (Lipinski definition) is 2. The number of hydrogen-bond donors (Lipinski definition) is 1. The highest BCUT2D eigenvalue weighted by molar-refractivity contribution is 7.09. The summed E-state index contributed by atoms with van der Waals surface area (Å²) in [6, 6.07) is 3.96. The molecule has 1 unspecified atom stereocenters. The lowest BCUT2D eigenvalue weighted by molar-refractivity contribution is -0.141. The van der Waals surface area contributed by atoms with E-state index in [1.165, 1.54) is 4.88 Å². The molecule has 0 aliphatic heterocycles. The van der Waals surface area contributed by atoms with Gasteiger partial charge in [0.2, 0.25) is 0 Å². The third-order valence-electron chi connectivity index (χ3n) is 2.01. The van der Waals surface area contributed by atoms with Gasteiger partial charge in [0.1, 0.15) is 0 Å². The lowest BCUT2D eigenvalue weighted by Crippen LogP contribution is -2.15. The maximum atomic E-state index is 10.8. The molecule has 1 aromatic rings. The molecule has 1 aromatic heterocycles. The Morgan fingerprint density at radius 1 is 1.69 bits per heavy atom. The van der Waals surface area contributed by atoms with E-state index < -0.39 is 5.97 Å². The van der Waals surface area contributed by atoms with Crippen LogP contribution in [-0.4, -0.2) is 11.1 Å². The largest absolute Gasteiger partial charge is 0.481 e. The van der Waals surface area contributed by atoms with E-state index in [1.807, 2.05) is 24.4 Å². The first-order valence-corrected chi connectivity index (χ1v) is 5.37. The molecular formula is C10H14O2S. The van der Waals surface area contributed by atoms with Crippen LogP contribution in [0.25, 0.3) is 0 Å². The zero-order chi connectivity index (χ0) is 9.68. The zero-order valence-electron chi connectivity index (χ0n) is 7.69. The molecule has 3 heteroatoms. The van der Waals surface area contributed by atoms with Gasteiger partial charge in [-0.2, -0.15) is 0 Å². The van der Waals surface area contributed by atoms with E-state index in [-0.39, 0.29) is 5.92 Å². The number of carboxylic acid groups (broad SMARTS) is 1. The van der Waals surface area contributed by atoms with Gasteiger partial charge in [0.05, 0.1) is 5.92 Å². The third kappa shape index (κ3) is 3.19. The van der Waals surface area contributed by atoms with Crippen molar-refractivity contribution in [3.8, 4) is 0 Å². The van der Waals surface area contributed by atoms with E-state index in [0.717, 1.165) is 12.8 Å². The molecule has 72 valence electrons. The van der Waals surface area contributed by atoms with Crippen molar-refractivity contribution in [1.29, 1.82) is 0 Å². The summed E-state index contributed by atoms with van der Waals surface area (Å²) in [5.41, 5.74) is 0. The van der Waals surface area contributed by atoms with E-state index in [2.05, 4.69) is 0 Å². The number of carboxylic acids is 1. The normalized spacial score (nSPS) is 12.7. The average molecular weight is 198 g/mol. The molecule has 0 aromatic carbocycles. The second kappa shape index (κ2) is 5.02. The molecule has 2 nitrogen and oxygen atoms in total. The summed E-state index contributed by atoms with van der Waals surface area (Å²) in [7, 11) is 0. The van der Waals surface area contributed by atoms with Crippen LogP contribution in [0.1, 0.15) is 24.6 Å². The Kier molecular flexibility index (Phi) is 3.96. The minimum atomic E-state index is -0.671. The van der Waals surface area contributed by atoms with Crippen LogP contribution >= 0.6 is 11.3 Å². The van der Waals surface area contributed by atoms with Crippen molar-refractivity contribution in [3.63, 3.8) is 0 Å². The topological polar surface area (TPSA) is 37.3 Å². The Morgan fingerprint density at radius 3 is 2.92 bits per heavy atom. The van der Waals surface area contributed by atoms with Gasteiger partial charge < -0.3 is 5.11 Å². The van der Waals surface area contributed by atoms with E-state index in [1.54, 1.807) is 11.3 Å². The minimum absolute atomic E-state index is 0.205. The van der Waals surface area contributed by atoms with Crippen LogP contribution in [0.4, 0.5) is 0 Å². The highest BCUT2D eigenvalue weighted by Crippen LogP contribution is 2.18. The highest BCUT2D eigenvalue weighted by atomic mass is 32.1. The van der Waals surface area contributed by atoms with Crippen LogP contribution in [0, 0.1) is 5.92 Å². The quantitative estimate of drug-likeness (QED) is 0.790. The van der Waals surface area contributed by atoms with Gasteiger partial charge in [-0.25, -0.2) is 0 Å². The summed E-state index contributed by atoms with van der Waals surface area (Å²) in [5.74, 6) is -0.876. The zero-order valence-corrected chi connectivity index (χ0v) is 8.51. The standard InChI is InChI=1S/C10H14O2S/c1-2-4-8(10(11)12)7-9-5-3-6-13-9/h3,5-6,8H,2,4,7H2,1H3,(H,11,12). The average Bonchev–Trinajstić information content (AvgIpc) is 2.56. The molecule has 1 heterocycles. The minimum Gasteiger partial charge on any atom is -0.481 e. The first-order valence-electron chi connectivity index (χ1n) is 4.49. The summed E-state index contributed by atoms with van der Waals surface area (Å²) < 4.78 is 0. The van der Waals surface area contributed by atoms with Gasteiger partial charge in [-0.15, -0.1) is 11.3 Å². The van der Waals surface area contributed by atoms with Crippen LogP contribution in [0.5, 0.6) is 0 Å². The van der Waals surface area contributed by atoms with Gasteiger partial charge in [0.25, 0.3) is 0 Å². The van der Waals surface area contributed by atoms with Gasteiger partial charge in [0.15, 0.2) is 0 Å². The van der Waals surface area contributed by atoms with Gasteiger partial charge in [0, 0.05) is 4.88 Å². The second-order valence-corrected chi connectivity index (χ2v) is 4.14. The molecule has 1 N–H and O–H groups in total. The molecule has 1 atom stereocenters. The van der Waals surface area contributed by atoms with Gasteiger partial charge >= 0.3 is 5.97 Å². The third-order valence-corrected chi connectivity index (χ3v) is 2.91. The van der Waals surface area contributed by atoms with Crippen molar-refractivity contribution < 1.29 is 9.90 Å². The first-order chi connectivity index (χ1) is 6.24. The molecule has 0 aliphatic rings. The van der Waals surface area contributed by atoms with Gasteiger partial charge in [-0.3, -0.25) is 4.79 Å². The number of rotatable bonds is 5. The van der Waals surface area contributed by atoms with Crippen LogP contribution in [0.2, 0.25) is 0 Å². The Bertz CT molecular complexity index is 254. The molecule has 0 spiro atoms. The van der Waals surface area contributed by atoms with Crippen molar-refractivity contribution in [2.75, 3.05) is 0 Å². The van der Waals surface area contributed by atoms with Crippen molar-refractivity contribution in [2.45, 2.75) is 26.2 Å². The first kappa shape index (κ1) is 10.3. The SMILES string of the molecule is CCCC(Cc1cccs1)C(=O)O. The predicted octanol–water partition coefficient (Wildman–Crippen LogP) is 2.79. The van der Waals surface area contributed by atoms with Crippen molar-refractivity contribution in [1.82, 2.24) is 0 Å². The van der Waals surface area contributed by atoms with E-state index in [9.17, 15) is 4.79 Å². The van der Waals surface area contributed by atoms with Crippen LogP contribution in [-0.2, 0) is 11.2 Å². The van der Waals surface area contributed by atoms with Crippen molar-refractivity contribution in [3.05, 3.63) is 22.4 Å². The smallest absolute Gasteiger partial charge is 0.306 e. The molecule has 0 radical (unpaired) electrons. The van der Waals surface area contributed by atoms with Gasteiger partial charge in [-0.1, -0.05) is 19.4 Å². The fourth-order valence-electron chi connectivity index (χ4n) is 1.33. The summed E-state index contributed by atoms with van der Waals surface area (Å²) >= 11 is 1.63.